The summed E-state index contributed by atoms with van der Waals surface area (Å²) in [5.74, 6) is -0.618. The lowest BCUT2D eigenvalue weighted by Crippen LogP contribution is -2.39. The number of rotatable bonds is 3. The van der Waals surface area contributed by atoms with Gasteiger partial charge in [-0.3, -0.25) is 10.1 Å². The molecule has 2 rings (SSSR count). The van der Waals surface area contributed by atoms with E-state index in [-0.39, 0.29) is 5.92 Å². The molecule has 1 aromatic carbocycles. The highest BCUT2D eigenvalue weighted by molar-refractivity contribution is 6.30. The average molecular weight is 321 g/mol. The van der Waals surface area contributed by atoms with Gasteiger partial charge in [0.25, 0.3) is 0 Å². The van der Waals surface area contributed by atoms with E-state index in [1.807, 2.05) is 0 Å². The maximum atomic E-state index is 12.7. The summed E-state index contributed by atoms with van der Waals surface area (Å²) in [4.78, 5) is 13.1. The SMILES string of the molecule is CC(C)C1NC(c2ccc(Cl)cc2)N(CC(F)(F)F)C1=O. The van der Waals surface area contributed by atoms with E-state index in [0.717, 1.165) is 4.90 Å². The largest absolute Gasteiger partial charge is 0.406 e. The van der Waals surface area contributed by atoms with Crippen LogP contribution >= 0.6 is 11.6 Å². The molecular weight excluding hydrogens is 305 g/mol. The maximum absolute atomic E-state index is 12.7. The first-order chi connectivity index (χ1) is 9.69. The summed E-state index contributed by atoms with van der Waals surface area (Å²) in [5.41, 5.74) is 0.583. The van der Waals surface area contributed by atoms with Crippen LogP contribution in [-0.4, -0.2) is 29.6 Å². The number of carbonyl (C=O) groups excluding carboxylic acids is 1. The van der Waals surface area contributed by atoms with E-state index in [2.05, 4.69) is 5.32 Å². The van der Waals surface area contributed by atoms with Crippen LogP contribution in [-0.2, 0) is 4.79 Å². The molecule has 1 saturated heterocycles. The second kappa shape index (κ2) is 5.85. The quantitative estimate of drug-likeness (QED) is 0.926. The lowest BCUT2D eigenvalue weighted by molar-refractivity contribution is -0.162. The minimum absolute atomic E-state index is 0.0921. The van der Waals surface area contributed by atoms with Crippen molar-refractivity contribution in [1.29, 1.82) is 0 Å². The number of hydrogen-bond acceptors (Lipinski definition) is 2. The number of benzene rings is 1. The Kier molecular flexibility index (Phi) is 4.49. The lowest BCUT2D eigenvalue weighted by Gasteiger charge is -2.25. The number of nitrogens with zero attached hydrogens (tertiary/aromatic N) is 1. The van der Waals surface area contributed by atoms with Crippen molar-refractivity contribution in [3.8, 4) is 0 Å². The molecule has 0 aromatic heterocycles. The van der Waals surface area contributed by atoms with Crippen molar-refractivity contribution in [3.63, 3.8) is 0 Å². The normalized spacial score (nSPS) is 23.2. The molecule has 0 bridgehead atoms. The maximum Gasteiger partial charge on any atom is 0.406 e. The van der Waals surface area contributed by atoms with Gasteiger partial charge in [-0.05, 0) is 23.6 Å². The Labute approximate surface area is 126 Å². The van der Waals surface area contributed by atoms with Crippen LogP contribution < -0.4 is 5.32 Å². The van der Waals surface area contributed by atoms with Gasteiger partial charge in [0, 0.05) is 5.02 Å². The van der Waals surface area contributed by atoms with Gasteiger partial charge < -0.3 is 4.90 Å². The fourth-order valence-corrected chi connectivity index (χ4v) is 2.52. The summed E-state index contributed by atoms with van der Waals surface area (Å²) in [5, 5.41) is 3.47. The highest BCUT2D eigenvalue weighted by Crippen LogP contribution is 2.31. The van der Waals surface area contributed by atoms with Gasteiger partial charge in [0.2, 0.25) is 5.91 Å². The molecule has 0 aliphatic carbocycles. The molecule has 0 spiro atoms. The highest BCUT2D eigenvalue weighted by atomic mass is 35.5. The Balaban J connectivity index is 2.31. The summed E-state index contributed by atoms with van der Waals surface area (Å²) in [7, 11) is 0. The molecule has 1 heterocycles. The Morgan fingerprint density at radius 1 is 1.29 bits per heavy atom. The van der Waals surface area contributed by atoms with Gasteiger partial charge in [-0.25, -0.2) is 0 Å². The van der Waals surface area contributed by atoms with Crippen molar-refractivity contribution in [2.24, 2.45) is 5.92 Å². The zero-order valence-electron chi connectivity index (χ0n) is 11.6. The van der Waals surface area contributed by atoms with Gasteiger partial charge >= 0.3 is 6.18 Å². The fourth-order valence-electron chi connectivity index (χ4n) is 2.40. The summed E-state index contributed by atoms with van der Waals surface area (Å²) in [6.07, 6.45) is -5.22. The van der Waals surface area contributed by atoms with Crippen LogP contribution in [0.2, 0.25) is 5.02 Å². The van der Waals surface area contributed by atoms with Crippen LogP contribution in [0.25, 0.3) is 0 Å². The summed E-state index contributed by atoms with van der Waals surface area (Å²) >= 11 is 5.79. The van der Waals surface area contributed by atoms with E-state index in [9.17, 15) is 18.0 Å². The van der Waals surface area contributed by atoms with Crippen molar-refractivity contribution < 1.29 is 18.0 Å². The first-order valence-corrected chi connectivity index (χ1v) is 6.95. The molecule has 1 aliphatic heterocycles. The fraction of sp³-hybridized carbons (Fsp3) is 0.500. The van der Waals surface area contributed by atoms with Crippen LogP contribution in [0.3, 0.4) is 0 Å². The van der Waals surface area contributed by atoms with Gasteiger partial charge in [-0.1, -0.05) is 37.6 Å². The van der Waals surface area contributed by atoms with Crippen molar-refractivity contribution in [1.82, 2.24) is 10.2 Å². The van der Waals surface area contributed by atoms with E-state index in [4.69, 9.17) is 11.6 Å². The molecule has 1 aliphatic rings. The molecule has 116 valence electrons. The molecule has 1 amide bonds. The zero-order chi connectivity index (χ0) is 15.8. The second-order valence-electron chi connectivity index (χ2n) is 5.42. The monoisotopic (exact) mass is 320 g/mol. The summed E-state index contributed by atoms with van der Waals surface area (Å²) in [6.45, 7) is 2.33. The number of hydrogen-bond donors (Lipinski definition) is 1. The molecule has 0 saturated carbocycles. The number of nitrogens with one attached hydrogen (secondary N) is 1. The molecule has 0 radical (unpaired) electrons. The predicted octanol–water partition coefficient (Wildman–Crippen LogP) is 3.36. The Morgan fingerprint density at radius 2 is 1.86 bits per heavy atom. The standard InChI is InChI=1S/C14H16ClF3N2O/c1-8(2)11-13(21)20(7-14(16,17)18)12(19-11)9-3-5-10(15)6-4-9/h3-6,8,11-12,19H,7H2,1-2H3. The zero-order valence-corrected chi connectivity index (χ0v) is 12.4. The molecular formula is C14H16ClF3N2O. The van der Waals surface area contributed by atoms with Crippen molar-refractivity contribution in [2.45, 2.75) is 32.2 Å². The van der Waals surface area contributed by atoms with E-state index < -0.39 is 30.8 Å². The van der Waals surface area contributed by atoms with Crippen LogP contribution in [0.15, 0.2) is 24.3 Å². The van der Waals surface area contributed by atoms with Crippen LogP contribution in [0.4, 0.5) is 13.2 Å². The van der Waals surface area contributed by atoms with Gasteiger partial charge in [0.05, 0.1) is 6.04 Å². The third kappa shape index (κ3) is 3.68. The number of halogens is 4. The van der Waals surface area contributed by atoms with Gasteiger partial charge in [-0.2, -0.15) is 13.2 Å². The van der Waals surface area contributed by atoms with Gasteiger partial charge in [0.15, 0.2) is 0 Å². The van der Waals surface area contributed by atoms with Gasteiger partial charge in [0.1, 0.15) is 12.7 Å². The summed E-state index contributed by atoms with van der Waals surface area (Å²) < 4.78 is 38.2. The first-order valence-electron chi connectivity index (χ1n) is 6.58. The average Bonchev–Trinajstić information content (AvgIpc) is 2.67. The number of carbonyl (C=O) groups is 1. The third-order valence-corrected chi connectivity index (χ3v) is 3.65. The number of amides is 1. The Morgan fingerprint density at radius 3 is 2.33 bits per heavy atom. The van der Waals surface area contributed by atoms with Crippen LogP contribution in [0, 0.1) is 5.92 Å². The van der Waals surface area contributed by atoms with Crippen molar-refractivity contribution >= 4 is 17.5 Å². The molecule has 7 heteroatoms. The minimum Gasteiger partial charge on any atom is -0.312 e. The molecule has 1 fully saturated rings. The van der Waals surface area contributed by atoms with Crippen molar-refractivity contribution in [2.75, 3.05) is 6.54 Å². The molecule has 21 heavy (non-hydrogen) atoms. The molecule has 2 atom stereocenters. The van der Waals surface area contributed by atoms with E-state index in [0.29, 0.717) is 10.6 Å². The molecule has 3 nitrogen and oxygen atoms in total. The highest BCUT2D eigenvalue weighted by Gasteiger charge is 2.45. The predicted molar refractivity (Wildman–Crippen MR) is 73.7 cm³/mol. The molecule has 2 unspecified atom stereocenters. The minimum atomic E-state index is -4.44. The van der Waals surface area contributed by atoms with Crippen LogP contribution in [0.1, 0.15) is 25.6 Å². The van der Waals surface area contributed by atoms with E-state index in [1.165, 1.54) is 0 Å². The number of alkyl halides is 3. The second-order valence-corrected chi connectivity index (χ2v) is 5.86. The van der Waals surface area contributed by atoms with E-state index >= 15 is 0 Å². The smallest absolute Gasteiger partial charge is 0.312 e. The van der Waals surface area contributed by atoms with E-state index in [1.54, 1.807) is 38.1 Å². The Hall–Kier alpha value is -1.27. The lowest BCUT2D eigenvalue weighted by atomic mass is 10.1. The Bertz CT molecular complexity index is 516. The topological polar surface area (TPSA) is 32.3 Å². The summed E-state index contributed by atoms with van der Waals surface area (Å²) in [6, 6.07) is 5.82. The van der Waals surface area contributed by atoms with Crippen molar-refractivity contribution in [3.05, 3.63) is 34.9 Å². The van der Waals surface area contributed by atoms with Crippen LogP contribution in [0.5, 0.6) is 0 Å². The first kappa shape index (κ1) is 16.1. The molecule has 1 aromatic rings. The molecule has 1 N–H and O–H groups in total. The third-order valence-electron chi connectivity index (χ3n) is 3.40. The van der Waals surface area contributed by atoms with Gasteiger partial charge in [-0.15, -0.1) is 0 Å².